The van der Waals surface area contributed by atoms with E-state index in [1.54, 1.807) is 12.1 Å². The molecule has 170 valence electrons. The summed E-state index contributed by atoms with van der Waals surface area (Å²) in [4.78, 5) is 7.10. The molecule has 0 saturated carbocycles. The molecule has 7 nitrogen and oxygen atoms in total. The number of fused-ring (bicyclic) bond motifs is 3. The molecule has 0 radical (unpaired) electrons. The smallest absolute Gasteiger partial charge is 0.258 e. The van der Waals surface area contributed by atoms with Crippen molar-refractivity contribution in [3.05, 3.63) is 53.1 Å². The van der Waals surface area contributed by atoms with E-state index >= 15 is 0 Å². The van der Waals surface area contributed by atoms with E-state index in [4.69, 9.17) is 9.26 Å². The number of aliphatic hydroxyl groups excluding tert-OH is 1. The van der Waals surface area contributed by atoms with Crippen LogP contribution in [0.5, 0.6) is 5.75 Å². The first-order valence-electron chi connectivity index (χ1n) is 11.5. The SMILES string of the molecule is CC(C)Oc1ccc(-c2nc(-c3cccc4c3C[C@@H]3CCN([C@H](C)CO)[C@H]43)no2)cc1C#N. The number of nitrogens with zero attached hydrogens (tertiary/aromatic N) is 4. The van der Waals surface area contributed by atoms with Gasteiger partial charge < -0.3 is 14.4 Å². The van der Waals surface area contributed by atoms with Gasteiger partial charge in [0.05, 0.1) is 18.3 Å². The van der Waals surface area contributed by atoms with Crippen LogP contribution in [0.2, 0.25) is 0 Å². The summed E-state index contributed by atoms with van der Waals surface area (Å²) in [6.45, 7) is 7.12. The Kier molecular flexibility index (Phi) is 5.65. The Morgan fingerprint density at radius 1 is 1.27 bits per heavy atom. The summed E-state index contributed by atoms with van der Waals surface area (Å²) in [7, 11) is 0. The van der Waals surface area contributed by atoms with Crippen LogP contribution in [0.4, 0.5) is 0 Å². The fraction of sp³-hybridized carbons (Fsp3) is 0.423. The lowest BCUT2D eigenvalue weighted by Gasteiger charge is -2.29. The molecule has 5 rings (SSSR count). The average molecular weight is 445 g/mol. The van der Waals surface area contributed by atoms with Gasteiger partial charge in [0.2, 0.25) is 5.82 Å². The van der Waals surface area contributed by atoms with Crippen molar-refractivity contribution in [1.29, 1.82) is 5.26 Å². The number of nitriles is 1. The zero-order chi connectivity index (χ0) is 23.1. The Balaban J connectivity index is 1.47. The fourth-order valence-electron chi connectivity index (χ4n) is 5.27. The van der Waals surface area contributed by atoms with Gasteiger partial charge >= 0.3 is 0 Å². The van der Waals surface area contributed by atoms with Crippen LogP contribution < -0.4 is 4.74 Å². The second-order valence-electron chi connectivity index (χ2n) is 9.25. The number of hydrogen-bond acceptors (Lipinski definition) is 7. The molecule has 0 amide bonds. The maximum atomic E-state index is 9.70. The molecule has 1 aromatic heterocycles. The van der Waals surface area contributed by atoms with E-state index in [1.807, 2.05) is 19.9 Å². The maximum absolute atomic E-state index is 9.70. The number of aromatic nitrogens is 2. The number of likely N-dealkylation sites (tertiary alicyclic amines) is 1. The van der Waals surface area contributed by atoms with Crippen molar-refractivity contribution in [2.45, 2.75) is 51.8 Å². The predicted molar refractivity (Wildman–Crippen MR) is 123 cm³/mol. The second-order valence-corrected chi connectivity index (χ2v) is 9.25. The Morgan fingerprint density at radius 2 is 2.12 bits per heavy atom. The second kappa shape index (κ2) is 8.62. The molecule has 1 aliphatic carbocycles. The van der Waals surface area contributed by atoms with Gasteiger partial charge in [-0.3, -0.25) is 4.90 Å². The zero-order valence-corrected chi connectivity index (χ0v) is 19.2. The fourth-order valence-corrected chi connectivity index (χ4v) is 5.27. The van der Waals surface area contributed by atoms with E-state index in [0.29, 0.717) is 40.6 Å². The van der Waals surface area contributed by atoms with E-state index in [1.165, 1.54) is 11.1 Å². The summed E-state index contributed by atoms with van der Waals surface area (Å²) >= 11 is 0. The molecule has 1 saturated heterocycles. The summed E-state index contributed by atoms with van der Waals surface area (Å²) in [5.74, 6) is 2.03. The van der Waals surface area contributed by atoms with Crippen molar-refractivity contribution >= 4 is 0 Å². The summed E-state index contributed by atoms with van der Waals surface area (Å²) in [5.41, 5.74) is 4.70. The summed E-state index contributed by atoms with van der Waals surface area (Å²) in [6.07, 6.45) is 2.09. The lowest BCUT2D eigenvalue weighted by Crippen LogP contribution is -2.35. The Hall–Kier alpha value is -3.21. The lowest BCUT2D eigenvalue weighted by atomic mass is 10.0. The van der Waals surface area contributed by atoms with E-state index < -0.39 is 0 Å². The molecule has 7 heteroatoms. The first-order chi connectivity index (χ1) is 16.0. The number of hydrogen-bond donors (Lipinski definition) is 1. The summed E-state index contributed by atoms with van der Waals surface area (Å²) < 4.78 is 11.3. The van der Waals surface area contributed by atoms with Crippen molar-refractivity contribution in [3.63, 3.8) is 0 Å². The third-order valence-corrected chi connectivity index (χ3v) is 6.77. The minimum absolute atomic E-state index is 0.0195. The van der Waals surface area contributed by atoms with Gasteiger partial charge in [-0.15, -0.1) is 0 Å². The monoisotopic (exact) mass is 444 g/mol. The number of ether oxygens (including phenoxy) is 1. The van der Waals surface area contributed by atoms with Gasteiger partial charge in [0, 0.05) is 23.2 Å². The van der Waals surface area contributed by atoms with Crippen LogP contribution in [-0.4, -0.2) is 45.4 Å². The molecule has 2 heterocycles. The number of rotatable bonds is 6. The molecule has 1 N–H and O–H groups in total. The van der Waals surface area contributed by atoms with Crippen LogP contribution in [0.3, 0.4) is 0 Å². The van der Waals surface area contributed by atoms with Gasteiger partial charge in [0.15, 0.2) is 0 Å². The van der Waals surface area contributed by atoms with E-state index in [9.17, 15) is 10.4 Å². The van der Waals surface area contributed by atoms with E-state index in [-0.39, 0.29) is 18.8 Å². The quantitative estimate of drug-likeness (QED) is 0.603. The van der Waals surface area contributed by atoms with Crippen LogP contribution in [-0.2, 0) is 6.42 Å². The number of benzene rings is 2. The molecule has 2 aromatic carbocycles. The highest BCUT2D eigenvalue weighted by Gasteiger charge is 2.43. The van der Waals surface area contributed by atoms with Crippen LogP contribution in [0.1, 0.15) is 49.9 Å². The highest BCUT2D eigenvalue weighted by Crippen LogP contribution is 2.49. The van der Waals surface area contributed by atoms with Gasteiger partial charge in [-0.2, -0.15) is 10.2 Å². The van der Waals surface area contributed by atoms with Crippen molar-refractivity contribution in [2.24, 2.45) is 5.92 Å². The molecule has 0 spiro atoms. The molecule has 3 aromatic rings. The zero-order valence-electron chi connectivity index (χ0n) is 19.2. The highest BCUT2D eigenvalue weighted by molar-refractivity contribution is 5.67. The molecular formula is C26H28N4O3. The van der Waals surface area contributed by atoms with Gasteiger partial charge in [0.1, 0.15) is 11.8 Å². The van der Waals surface area contributed by atoms with Crippen LogP contribution >= 0.6 is 0 Å². The van der Waals surface area contributed by atoms with Gasteiger partial charge in [-0.25, -0.2) is 0 Å². The highest BCUT2D eigenvalue weighted by atomic mass is 16.5. The first-order valence-corrected chi connectivity index (χ1v) is 11.5. The lowest BCUT2D eigenvalue weighted by molar-refractivity contribution is 0.117. The topological polar surface area (TPSA) is 95.4 Å². The molecule has 33 heavy (non-hydrogen) atoms. The van der Waals surface area contributed by atoms with E-state index in [2.05, 4.69) is 46.2 Å². The minimum atomic E-state index is -0.0195. The maximum Gasteiger partial charge on any atom is 0.258 e. The molecule has 2 aliphatic rings. The minimum Gasteiger partial charge on any atom is -0.490 e. The van der Waals surface area contributed by atoms with Crippen LogP contribution in [0.25, 0.3) is 22.8 Å². The molecule has 1 fully saturated rings. The van der Waals surface area contributed by atoms with Crippen LogP contribution in [0, 0.1) is 17.2 Å². The first kappa shape index (κ1) is 21.6. The number of aliphatic hydroxyl groups is 1. The molecular weight excluding hydrogens is 416 g/mol. The van der Waals surface area contributed by atoms with Crippen molar-refractivity contribution in [2.75, 3.05) is 13.2 Å². The van der Waals surface area contributed by atoms with Gasteiger partial charge in [0.25, 0.3) is 5.89 Å². The van der Waals surface area contributed by atoms with Crippen molar-refractivity contribution < 1.29 is 14.4 Å². The molecule has 1 aliphatic heterocycles. The van der Waals surface area contributed by atoms with Crippen LogP contribution in [0.15, 0.2) is 40.9 Å². The predicted octanol–water partition coefficient (Wildman–Crippen LogP) is 4.36. The van der Waals surface area contributed by atoms with Crippen molar-refractivity contribution in [3.8, 4) is 34.7 Å². The normalized spacial score (nSPS) is 20.5. The van der Waals surface area contributed by atoms with Gasteiger partial charge in [-0.1, -0.05) is 23.4 Å². The van der Waals surface area contributed by atoms with Crippen molar-refractivity contribution in [1.82, 2.24) is 15.0 Å². The Morgan fingerprint density at radius 3 is 2.88 bits per heavy atom. The Bertz CT molecular complexity index is 1210. The molecule has 3 atom stereocenters. The summed E-state index contributed by atoms with van der Waals surface area (Å²) in [5, 5.41) is 23.5. The van der Waals surface area contributed by atoms with Gasteiger partial charge in [-0.05, 0) is 75.4 Å². The van der Waals surface area contributed by atoms with E-state index in [0.717, 1.165) is 24.9 Å². The molecule has 0 bridgehead atoms. The standard InChI is InChI=1S/C26H28N4O3/c1-15(2)32-23-8-7-18(11-19(23)13-27)26-28-25(29-33-26)21-6-4-5-20-22(21)12-17-9-10-30(24(17)20)16(3)14-31/h4-8,11,15-17,24,31H,9-10,12,14H2,1-3H3/t16-,17+,24+/m1/s1. The Labute approximate surface area is 193 Å². The molecule has 0 unspecified atom stereocenters. The third kappa shape index (κ3) is 3.79. The largest absolute Gasteiger partial charge is 0.490 e. The average Bonchev–Trinajstić information content (AvgIpc) is 3.53. The summed E-state index contributed by atoms with van der Waals surface area (Å²) in [6, 6.07) is 14.3. The third-order valence-electron chi connectivity index (χ3n) is 6.77.